The van der Waals surface area contributed by atoms with Gasteiger partial charge >= 0.3 is 18.3 Å². The van der Waals surface area contributed by atoms with Gasteiger partial charge in [-0.3, -0.25) is 9.69 Å². The van der Waals surface area contributed by atoms with Gasteiger partial charge in [0.2, 0.25) is 0 Å². The van der Waals surface area contributed by atoms with Gasteiger partial charge in [-0.2, -0.15) is 26.3 Å². The van der Waals surface area contributed by atoms with Crippen LogP contribution in [0.1, 0.15) is 68.9 Å². The highest BCUT2D eigenvalue weighted by atomic mass is 19.4. The molecule has 3 aliphatic rings. The highest BCUT2D eigenvalue weighted by molar-refractivity contribution is 5.89. The van der Waals surface area contributed by atoms with Gasteiger partial charge in [0.25, 0.3) is 0 Å². The van der Waals surface area contributed by atoms with Crippen molar-refractivity contribution in [2.75, 3.05) is 0 Å². The number of carboxylic acids is 1. The lowest BCUT2D eigenvalue weighted by atomic mass is 9.78. The van der Waals surface area contributed by atoms with Gasteiger partial charge in [-0.1, -0.05) is 24.6 Å². The van der Waals surface area contributed by atoms with Gasteiger partial charge in [0.05, 0.1) is 17.9 Å². The van der Waals surface area contributed by atoms with Crippen molar-refractivity contribution in [2.24, 2.45) is 11.8 Å². The van der Waals surface area contributed by atoms with E-state index in [-0.39, 0.29) is 54.8 Å². The largest absolute Gasteiger partial charge is 0.490 e. The van der Waals surface area contributed by atoms with Crippen molar-refractivity contribution in [3.63, 3.8) is 0 Å². The highest BCUT2D eigenvalue weighted by Gasteiger charge is 2.43. The van der Waals surface area contributed by atoms with Crippen molar-refractivity contribution < 1.29 is 41.0 Å². The van der Waals surface area contributed by atoms with Crippen LogP contribution in [0.2, 0.25) is 0 Å². The summed E-state index contributed by atoms with van der Waals surface area (Å²) in [5, 5.41) is 9.89. The topological polar surface area (TPSA) is 49.8 Å². The molecule has 0 radical (unpaired) electrons. The lowest BCUT2D eigenvalue weighted by Crippen LogP contribution is -2.52. The van der Waals surface area contributed by atoms with Gasteiger partial charge in [0, 0.05) is 18.6 Å². The van der Waals surface area contributed by atoms with E-state index in [1.54, 1.807) is 18.2 Å². The number of nitrogens with zero attached hydrogens (tertiary/aromatic N) is 1. The normalized spacial score (nSPS) is 28.8. The summed E-state index contributed by atoms with van der Waals surface area (Å²) in [6.07, 6.45) is -5.84. The summed E-state index contributed by atoms with van der Waals surface area (Å²) in [7, 11) is 0. The maximum atomic E-state index is 14.2. The molecule has 2 atom stereocenters. The Kier molecular flexibility index (Phi) is 7.30. The maximum absolute atomic E-state index is 14.2. The molecule has 2 aliphatic heterocycles. The van der Waals surface area contributed by atoms with Crippen LogP contribution in [0.15, 0.2) is 30.3 Å². The standard InChI is InChI=1S/C28H31F6NO3/c29-27(30,31)19-6-8-22(9-7-19)38-24-11-5-17-12-16(4-10-23(17)25(24)28(32,33)34)15-35-20-2-1-3-21(35)14-18(13-20)26(36)37/h4-5,10-12,18-22H,1-3,6-9,13-15H2,(H,36,37). The summed E-state index contributed by atoms with van der Waals surface area (Å²) in [5.41, 5.74) is -0.0472. The first-order valence-corrected chi connectivity index (χ1v) is 13.2. The van der Waals surface area contributed by atoms with Crippen molar-refractivity contribution in [3.8, 4) is 5.75 Å². The first-order chi connectivity index (χ1) is 17.9. The Bertz CT molecular complexity index is 1160. The van der Waals surface area contributed by atoms with Gasteiger partial charge in [-0.25, -0.2) is 0 Å². The quantitative estimate of drug-likeness (QED) is 0.395. The zero-order valence-electron chi connectivity index (χ0n) is 20.8. The molecule has 1 saturated carbocycles. The summed E-state index contributed by atoms with van der Waals surface area (Å²) >= 11 is 0. The van der Waals surface area contributed by atoms with Gasteiger partial charge in [-0.05, 0) is 79.8 Å². The van der Waals surface area contributed by atoms with Gasteiger partial charge in [0.1, 0.15) is 11.3 Å². The molecule has 0 amide bonds. The summed E-state index contributed by atoms with van der Waals surface area (Å²) in [6, 6.07) is 8.00. The number of hydrogen-bond donors (Lipinski definition) is 1. The number of hydrogen-bond acceptors (Lipinski definition) is 3. The molecule has 2 aromatic carbocycles. The predicted octanol–water partition coefficient (Wildman–Crippen LogP) is 7.58. The van der Waals surface area contributed by atoms with Crippen molar-refractivity contribution >= 4 is 16.7 Å². The minimum absolute atomic E-state index is 0.00694. The number of aliphatic carboxylic acids is 1. The number of piperidine rings is 2. The van der Waals surface area contributed by atoms with E-state index in [0.29, 0.717) is 24.8 Å². The fourth-order valence-electron chi connectivity index (χ4n) is 6.68. The first-order valence-electron chi connectivity index (χ1n) is 13.2. The summed E-state index contributed by atoms with van der Waals surface area (Å²) in [4.78, 5) is 13.9. The number of alkyl halides is 6. The molecule has 2 bridgehead atoms. The number of ether oxygens (including phenoxy) is 1. The van der Waals surface area contributed by atoms with Crippen molar-refractivity contribution in [3.05, 3.63) is 41.5 Å². The van der Waals surface area contributed by atoms with Crippen LogP contribution in [0.3, 0.4) is 0 Å². The molecule has 10 heteroatoms. The SMILES string of the molecule is O=C(O)C1CC2CCCC(C1)N2Cc1ccc2c(C(F)(F)F)c(OC3CCC(C(F)(F)F)CC3)ccc2c1. The van der Waals surface area contributed by atoms with Crippen LogP contribution < -0.4 is 4.74 Å². The number of carbonyl (C=O) groups is 1. The third-order valence-corrected chi connectivity index (χ3v) is 8.60. The van der Waals surface area contributed by atoms with Crippen LogP contribution in [-0.2, 0) is 17.5 Å². The average Bonchev–Trinajstić information content (AvgIpc) is 2.82. The van der Waals surface area contributed by atoms with Crippen LogP contribution >= 0.6 is 0 Å². The Hall–Kier alpha value is -2.49. The third-order valence-electron chi connectivity index (χ3n) is 8.60. The van der Waals surface area contributed by atoms with E-state index in [1.807, 2.05) is 0 Å². The van der Waals surface area contributed by atoms with Crippen LogP contribution in [0.25, 0.3) is 10.8 Å². The fraction of sp³-hybridized carbons (Fsp3) is 0.607. The molecular weight excluding hydrogens is 512 g/mol. The summed E-state index contributed by atoms with van der Waals surface area (Å²) < 4.78 is 87.2. The lowest BCUT2D eigenvalue weighted by Gasteiger charge is -2.48. The minimum atomic E-state index is -4.70. The van der Waals surface area contributed by atoms with Crippen molar-refractivity contribution in [1.82, 2.24) is 4.90 Å². The Morgan fingerprint density at radius 3 is 2.16 bits per heavy atom. The number of rotatable bonds is 5. The van der Waals surface area contributed by atoms with Crippen LogP contribution in [-0.4, -0.2) is 40.3 Å². The van der Waals surface area contributed by atoms with Gasteiger partial charge in [0.15, 0.2) is 0 Å². The molecule has 2 unspecified atom stereocenters. The zero-order valence-corrected chi connectivity index (χ0v) is 20.8. The third kappa shape index (κ3) is 5.60. The number of benzene rings is 2. The van der Waals surface area contributed by atoms with E-state index < -0.39 is 35.9 Å². The molecule has 2 heterocycles. The molecule has 1 aliphatic carbocycles. The van der Waals surface area contributed by atoms with E-state index in [4.69, 9.17) is 4.74 Å². The molecule has 1 N–H and O–H groups in total. The molecule has 5 rings (SSSR count). The Balaban J connectivity index is 1.36. The van der Waals surface area contributed by atoms with E-state index >= 15 is 0 Å². The van der Waals surface area contributed by atoms with Crippen LogP contribution in [0, 0.1) is 11.8 Å². The monoisotopic (exact) mass is 543 g/mol. The van der Waals surface area contributed by atoms with Gasteiger partial charge < -0.3 is 9.84 Å². The molecule has 0 spiro atoms. The average molecular weight is 544 g/mol. The second kappa shape index (κ2) is 10.2. The second-order valence-electron chi connectivity index (χ2n) is 11.0. The van der Waals surface area contributed by atoms with Gasteiger partial charge in [-0.15, -0.1) is 0 Å². The molecular formula is C28H31F6NO3. The summed E-state index contributed by atoms with van der Waals surface area (Å²) in [5.74, 6) is -2.90. The van der Waals surface area contributed by atoms with Crippen LogP contribution in [0.5, 0.6) is 5.75 Å². The maximum Gasteiger partial charge on any atom is 0.420 e. The highest BCUT2D eigenvalue weighted by Crippen LogP contribution is 2.44. The van der Waals surface area contributed by atoms with E-state index in [0.717, 1.165) is 24.8 Å². The second-order valence-corrected chi connectivity index (χ2v) is 11.0. The fourth-order valence-corrected chi connectivity index (χ4v) is 6.68. The number of halogens is 6. The molecule has 3 fully saturated rings. The summed E-state index contributed by atoms with van der Waals surface area (Å²) in [6.45, 7) is 0.541. The molecule has 2 aromatic rings. The lowest BCUT2D eigenvalue weighted by molar-refractivity contribution is -0.185. The molecule has 38 heavy (non-hydrogen) atoms. The van der Waals surface area contributed by atoms with Crippen molar-refractivity contribution in [2.45, 2.75) is 94.9 Å². The van der Waals surface area contributed by atoms with Crippen LogP contribution in [0.4, 0.5) is 26.3 Å². The Morgan fingerprint density at radius 1 is 0.921 bits per heavy atom. The molecule has 2 saturated heterocycles. The van der Waals surface area contributed by atoms with E-state index in [2.05, 4.69) is 4.90 Å². The predicted molar refractivity (Wildman–Crippen MR) is 129 cm³/mol. The van der Waals surface area contributed by atoms with E-state index in [1.165, 1.54) is 12.1 Å². The van der Waals surface area contributed by atoms with E-state index in [9.17, 15) is 36.2 Å². The van der Waals surface area contributed by atoms with Crippen molar-refractivity contribution in [1.29, 1.82) is 0 Å². The molecule has 0 aromatic heterocycles. The smallest absolute Gasteiger partial charge is 0.420 e. The molecule has 4 nitrogen and oxygen atoms in total. The number of fused-ring (bicyclic) bond motifs is 3. The Labute approximate surface area is 216 Å². The first kappa shape index (κ1) is 27.1. The number of carboxylic acid groups (broad SMARTS) is 1. The minimum Gasteiger partial charge on any atom is -0.490 e. The molecule has 208 valence electrons. The Morgan fingerprint density at radius 2 is 1.58 bits per heavy atom. The zero-order chi connectivity index (χ0) is 27.2.